The van der Waals surface area contributed by atoms with Crippen LogP contribution in [0.3, 0.4) is 0 Å². The lowest BCUT2D eigenvalue weighted by Gasteiger charge is -2.31. The Morgan fingerprint density at radius 3 is 2.23 bits per heavy atom. The highest BCUT2D eigenvalue weighted by Crippen LogP contribution is 2.32. The summed E-state index contributed by atoms with van der Waals surface area (Å²) in [5.74, 6) is -0.351. The summed E-state index contributed by atoms with van der Waals surface area (Å²) in [4.78, 5) is 26.7. The molecule has 0 saturated carbocycles. The summed E-state index contributed by atoms with van der Waals surface area (Å²) < 4.78 is 11.2. The number of carbonyl (C=O) groups is 2. The van der Waals surface area contributed by atoms with Crippen LogP contribution >= 0.6 is 0 Å². The summed E-state index contributed by atoms with van der Waals surface area (Å²) in [5, 5.41) is 0. The molecule has 5 heteroatoms. The molecular formula is C21H31NO4. The molecule has 0 aromatic heterocycles. The van der Waals surface area contributed by atoms with Gasteiger partial charge in [0, 0.05) is 12.5 Å². The Balaban J connectivity index is 2.08. The van der Waals surface area contributed by atoms with Crippen LogP contribution in [0, 0.1) is 5.41 Å². The van der Waals surface area contributed by atoms with Crippen molar-refractivity contribution in [2.45, 2.75) is 72.1 Å². The Bertz CT molecular complexity index is 628. The second-order valence-electron chi connectivity index (χ2n) is 9.18. The summed E-state index contributed by atoms with van der Waals surface area (Å²) in [6.07, 6.45) is 0.799. The van der Waals surface area contributed by atoms with Crippen LogP contribution in [0.15, 0.2) is 30.3 Å². The molecule has 0 aliphatic carbocycles. The molecule has 5 nitrogen and oxygen atoms in total. The maximum Gasteiger partial charge on any atom is 0.410 e. The third-order valence-electron chi connectivity index (χ3n) is 4.14. The largest absolute Gasteiger partial charge is 0.457 e. The van der Waals surface area contributed by atoms with Crippen molar-refractivity contribution in [3.8, 4) is 0 Å². The van der Waals surface area contributed by atoms with Crippen molar-refractivity contribution >= 4 is 12.1 Å². The molecule has 2 rings (SSSR count). The van der Waals surface area contributed by atoms with Crippen molar-refractivity contribution in [3.05, 3.63) is 35.9 Å². The number of likely N-dealkylation sites (tertiary alicyclic amines) is 1. The highest BCUT2D eigenvalue weighted by molar-refractivity contribution is 5.89. The fraction of sp³-hybridized carbons (Fsp3) is 0.619. The van der Waals surface area contributed by atoms with Crippen molar-refractivity contribution < 1.29 is 19.1 Å². The first kappa shape index (κ1) is 20.3. The SMILES string of the molecule is CC(C)(C)C[C@@H]1C[C@@H](OC(=O)c2ccccc2)CN1C(=O)OC(C)(C)C. The topological polar surface area (TPSA) is 55.8 Å². The van der Waals surface area contributed by atoms with Gasteiger partial charge in [-0.1, -0.05) is 39.0 Å². The molecule has 0 bridgehead atoms. The smallest absolute Gasteiger partial charge is 0.410 e. The van der Waals surface area contributed by atoms with Gasteiger partial charge in [-0.2, -0.15) is 0 Å². The first-order chi connectivity index (χ1) is 11.9. The molecular weight excluding hydrogens is 330 g/mol. The zero-order valence-corrected chi connectivity index (χ0v) is 16.7. The Kier molecular flexibility index (Phi) is 5.99. The Morgan fingerprint density at radius 1 is 1.08 bits per heavy atom. The fourth-order valence-electron chi connectivity index (χ4n) is 3.20. The Labute approximate surface area is 156 Å². The number of hydrogen-bond donors (Lipinski definition) is 0. The standard InChI is InChI=1S/C21H31NO4/c1-20(2,3)13-16-12-17(14-22(16)19(24)26-21(4,5)6)25-18(23)15-10-8-7-9-11-15/h7-11,16-17H,12-14H2,1-6H3/t16-,17+/m0/s1. The number of amides is 1. The number of carbonyl (C=O) groups excluding carboxylic acids is 2. The number of ether oxygens (including phenoxy) is 2. The number of esters is 1. The molecule has 0 N–H and O–H groups in total. The Hall–Kier alpha value is -2.04. The summed E-state index contributed by atoms with van der Waals surface area (Å²) >= 11 is 0. The van der Waals surface area contributed by atoms with E-state index in [0.29, 0.717) is 18.5 Å². The van der Waals surface area contributed by atoms with Crippen molar-refractivity contribution in [3.63, 3.8) is 0 Å². The second kappa shape index (κ2) is 7.68. The summed E-state index contributed by atoms with van der Waals surface area (Å²) in [6.45, 7) is 12.4. The molecule has 0 spiro atoms. The van der Waals surface area contributed by atoms with Gasteiger partial charge in [0.1, 0.15) is 11.7 Å². The average molecular weight is 361 g/mol. The van der Waals surface area contributed by atoms with Crippen molar-refractivity contribution in [1.82, 2.24) is 4.90 Å². The molecule has 1 aromatic carbocycles. The van der Waals surface area contributed by atoms with Crippen LogP contribution in [0.1, 0.15) is 64.7 Å². The predicted molar refractivity (Wildman–Crippen MR) is 101 cm³/mol. The predicted octanol–water partition coefficient (Wildman–Crippen LogP) is 4.66. The fourth-order valence-corrected chi connectivity index (χ4v) is 3.20. The first-order valence-electron chi connectivity index (χ1n) is 9.20. The van der Waals surface area contributed by atoms with Crippen LogP contribution in [-0.4, -0.2) is 41.3 Å². The molecule has 1 aliphatic rings. The van der Waals surface area contributed by atoms with Crippen molar-refractivity contribution in [2.75, 3.05) is 6.54 Å². The van der Waals surface area contributed by atoms with E-state index in [-0.39, 0.29) is 29.6 Å². The minimum atomic E-state index is -0.553. The molecule has 0 radical (unpaired) electrons. The normalized spacial score (nSPS) is 20.8. The van der Waals surface area contributed by atoms with E-state index < -0.39 is 5.60 Å². The minimum Gasteiger partial charge on any atom is -0.457 e. The summed E-state index contributed by atoms with van der Waals surface area (Å²) in [6, 6.07) is 8.93. The molecule has 1 heterocycles. The number of rotatable bonds is 3. The van der Waals surface area contributed by atoms with Gasteiger partial charge in [-0.3, -0.25) is 0 Å². The molecule has 1 fully saturated rings. The van der Waals surface area contributed by atoms with Gasteiger partial charge in [-0.05, 0) is 44.7 Å². The van der Waals surface area contributed by atoms with Gasteiger partial charge < -0.3 is 14.4 Å². The zero-order valence-electron chi connectivity index (χ0n) is 16.7. The van der Waals surface area contributed by atoms with Crippen LogP contribution in [0.25, 0.3) is 0 Å². The van der Waals surface area contributed by atoms with E-state index in [1.165, 1.54) is 0 Å². The van der Waals surface area contributed by atoms with Gasteiger partial charge in [0.05, 0.1) is 12.1 Å². The van der Waals surface area contributed by atoms with Gasteiger partial charge in [0.15, 0.2) is 0 Å². The number of benzene rings is 1. The molecule has 26 heavy (non-hydrogen) atoms. The van der Waals surface area contributed by atoms with E-state index in [1.807, 2.05) is 26.8 Å². The van der Waals surface area contributed by atoms with Crippen LogP contribution in [-0.2, 0) is 9.47 Å². The molecule has 2 atom stereocenters. The van der Waals surface area contributed by atoms with Gasteiger partial charge >= 0.3 is 12.1 Å². The maximum absolute atomic E-state index is 12.6. The van der Waals surface area contributed by atoms with Gasteiger partial charge in [-0.15, -0.1) is 0 Å². The van der Waals surface area contributed by atoms with Crippen LogP contribution in [0.4, 0.5) is 4.79 Å². The van der Waals surface area contributed by atoms with E-state index in [0.717, 1.165) is 6.42 Å². The van der Waals surface area contributed by atoms with Crippen LogP contribution < -0.4 is 0 Å². The Morgan fingerprint density at radius 2 is 1.69 bits per heavy atom. The molecule has 0 unspecified atom stereocenters. The molecule has 1 saturated heterocycles. The summed E-state index contributed by atoms with van der Waals surface area (Å²) in [5.41, 5.74) is 0.0291. The molecule has 1 aromatic rings. The highest BCUT2D eigenvalue weighted by atomic mass is 16.6. The van der Waals surface area contributed by atoms with Crippen LogP contribution in [0.2, 0.25) is 0 Å². The van der Waals surface area contributed by atoms with E-state index in [2.05, 4.69) is 20.8 Å². The van der Waals surface area contributed by atoms with Crippen molar-refractivity contribution in [1.29, 1.82) is 0 Å². The average Bonchev–Trinajstić information content (AvgIpc) is 2.87. The first-order valence-corrected chi connectivity index (χ1v) is 9.20. The molecule has 144 valence electrons. The second-order valence-corrected chi connectivity index (χ2v) is 9.18. The van der Waals surface area contributed by atoms with Gasteiger partial charge in [0.2, 0.25) is 0 Å². The van der Waals surface area contributed by atoms with E-state index in [4.69, 9.17) is 9.47 Å². The van der Waals surface area contributed by atoms with Crippen LogP contribution in [0.5, 0.6) is 0 Å². The lowest BCUT2D eigenvalue weighted by atomic mass is 9.87. The molecule has 1 aliphatic heterocycles. The van der Waals surface area contributed by atoms with E-state index in [1.54, 1.807) is 29.2 Å². The molecule has 1 amide bonds. The van der Waals surface area contributed by atoms with E-state index in [9.17, 15) is 9.59 Å². The minimum absolute atomic E-state index is 0.00146. The van der Waals surface area contributed by atoms with Gasteiger partial charge in [-0.25, -0.2) is 9.59 Å². The van der Waals surface area contributed by atoms with Crippen molar-refractivity contribution in [2.24, 2.45) is 5.41 Å². The maximum atomic E-state index is 12.6. The zero-order chi connectivity index (χ0) is 19.5. The number of hydrogen-bond acceptors (Lipinski definition) is 4. The monoisotopic (exact) mass is 361 g/mol. The third-order valence-corrected chi connectivity index (χ3v) is 4.14. The van der Waals surface area contributed by atoms with E-state index >= 15 is 0 Å². The number of nitrogens with zero attached hydrogens (tertiary/aromatic N) is 1. The quantitative estimate of drug-likeness (QED) is 0.735. The highest BCUT2D eigenvalue weighted by Gasteiger charge is 2.40. The lowest BCUT2D eigenvalue weighted by Crippen LogP contribution is -2.41. The lowest BCUT2D eigenvalue weighted by molar-refractivity contribution is 0.0142. The third kappa shape index (κ3) is 6.04. The van der Waals surface area contributed by atoms with Gasteiger partial charge in [0.25, 0.3) is 0 Å². The summed E-state index contributed by atoms with van der Waals surface area (Å²) in [7, 11) is 0.